The van der Waals surface area contributed by atoms with E-state index in [2.05, 4.69) is 48.1 Å². The monoisotopic (exact) mass is 345 g/mol. The van der Waals surface area contributed by atoms with Crippen LogP contribution in [0.1, 0.15) is 4.88 Å². The van der Waals surface area contributed by atoms with Crippen molar-refractivity contribution in [3.8, 4) is 0 Å². The molecule has 0 saturated carbocycles. The van der Waals surface area contributed by atoms with Gasteiger partial charge in [0.25, 0.3) is 0 Å². The van der Waals surface area contributed by atoms with E-state index < -0.39 is 0 Å². The molecule has 0 aliphatic carbocycles. The third kappa shape index (κ3) is 3.58. The molecule has 0 aliphatic rings. The maximum atomic E-state index is 5.37. The minimum Gasteiger partial charge on any atom is -0.365 e. The minimum absolute atomic E-state index is 0.601. The van der Waals surface area contributed by atoms with Gasteiger partial charge in [0.05, 0.1) is 6.54 Å². The highest BCUT2D eigenvalue weighted by molar-refractivity contribution is 9.10. The second-order valence-corrected chi connectivity index (χ2v) is 6.04. The quantitative estimate of drug-likeness (QED) is 0.335. The molecule has 96 valence electrons. The van der Waals surface area contributed by atoms with Gasteiger partial charge < -0.3 is 10.7 Å². The molecule has 2 aromatic rings. The molecule has 0 atom stereocenters. The number of hydrogen-bond donors (Lipinski definition) is 3. The van der Waals surface area contributed by atoms with Crippen molar-refractivity contribution >= 4 is 50.7 Å². The van der Waals surface area contributed by atoms with Gasteiger partial charge in [-0.3, -0.25) is 0 Å². The molecule has 0 amide bonds. The van der Waals surface area contributed by atoms with Crippen LogP contribution in [0.15, 0.2) is 27.1 Å². The number of aromatic nitrogens is 2. The van der Waals surface area contributed by atoms with Crippen molar-refractivity contribution in [2.45, 2.75) is 11.7 Å². The number of thioether (sulfide) groups is 1. The molecule has 2 rings (SSSR count). The van der Waals surface area contributed by atoms with Gasteiger partial charge in [0, 0.05) is 20.8 Å². The van der Waals surface area contributed by atoms with Crippen molar-refractivity contribution in [3.05, 3.63) is 26.9 Å². The van der Waals surface area contributed by atoms with E-state index in [0.29, 0.717) is 11.0 Å². The molecule has 0 saturated heterocycles. The number of anilines is 2. The van der Waals surface area contributed by atoms with Crippen LogP contribution in [0.25, 0.3) is 0 Å². The maximum Gasteiger partial charge on any atom is 0.191 e. The highest BCUT2D eigenvalue weighted by atomic mass is 79.9. The molecule has 5 nitrogen and oxygen atoms in total. The normalized spacial score (nSPS) is 10.4. The Balaban J connectivity index is 2.08. The number of nitrogens with zero attached hydrogens (tertiary/aromatic N) is 2. The van der Waals surface area contributed by atoms with Crippen LogP contribution in [0.3, 0.4) is 0 Å². The van der Waals surface area contributed by atoms with E-state index in [1.54, 1.807) is 17.4 Å². The average molecular weight is 346 g/mol. The summed E-state index contributed by atoms with van der Waals surface area (Å²) in [6.07, 6.45) is 1.93. The summed E-state index contributed by atoms with van der Waals surface area (Å²) < 4.78 is 1.10. The van der Waals surface area contributed by atoms with E-state index in [1.165, 1.54) is 16.6 Å². The van der Waals surface area contributed by atoms with Crippen LogP contribution in [-0.2, 0) is 6.54 Å². The van der Waals surface area contributed by atoms with Crippen molar-refractivity contribution in [2.75, 3.05) is 17.0 Å². The Morgan fingerprint density at radius 3 is 2.78 bits per heavy atom. The fourth-order valence-electron chi connectivity index (χ4n) is 1.31. The average Bonchev–Trinajstić information content (AvgIpc) is 2.81. The minimum atomic E-state index is 0.601. The number of thiophene rings is 1. The largest absolute Gasteiger partial charge is 0.365 e. The molecule has 0 aromatic carbocycles. The van der Waals surface area contributed by atoms with Crippen LogP contribution in [-0.4, -0.2) is 16.2 Å². The van der Waals surface area contributed by atoms with Crippen LogP contribution in [0, 0.1) is 0 Å². The van der Waals surface area contributed by atoms with Gasteiger partial charge in [-0.25, -0.2) is 15.8 Å². The molecule has 2 aromatic heterocycles. The van der Waals surface area contributed by atoms with Crippen LogP contribution in [0.2, 0.25) is 0 Å². The summed E-state index contributed by atoms with van der Waals surface area (Å²) in [5.74, 6) is 6.73. The molecular weight excluding hydrogens is 334 g/mol. The first-order chi connectivity index (χ1) is 8.71. The molecule has 2 heterocycles. The fraction of sp³-hybridized carbons (Fsp3) is 0.200. The number of nitrogen functional groups attached to an aromatic ring is 1. The van der Waals surface area contributed by atoms with Crippen LogP contribution < -0.4 is 16.6 Å². The Labute approximate surface area is 122 Å². The van der Waals surface area contributed by atoms with Crippen LogP contribution >= 0.6 is 39.0 Å². The van der Waals surface area contributed by atoms with Gasteiger partial charge >= 0.3 is 0 Å². The summed E-state index contributed by atoms with van der Waals surface area (Å²) in [4.78, 5) is 9.79. The predicted octanol–water partition coefficient (Wildman–Crippen LogP) is 2.92. The van der Waals surface area contributed by atoms with Crippen molar-refractivity contribution in [3.63, 3.8) is 0 Å². The van der Waals surface area contributed by atoms with Gasteiger partial charge in [0.15, 0.2) is 5.16 Å². The van der Waals surface area contributed by atoms with Crippen LogP contribution in [0.4, 0.5) is 11.6 Å². The lowest BCUT2D eigenvalue weighted by Crippen LogP contribution is -2.10. The summed E-state index contributed by atoms with van der Waals surface area (Å²) in [6.45, 7) is 0.727. The first-order valence-electron chi connectivity index (χ1n) is 5.07. The van der Waals surface area contributed by atoms with Gasteiger partial charge in [-0.2, -0.15) is 0 Å². The molecule has 4 N–H and O–H groups in total. The standard InChI is InChI=1S/C10H12BrN5S2/c1-17-10-14-8(3-9(15-10)16-12)13-4-7-2-6(11)5-18-7/h2-3,5H,4,12H2,1H3,(H2,13,14,15,16). The molecule has 18 heavy (non-hydrogen) atoms. The number of hydrogen-bond acceptors (Lipinski definition) is 7. The molecule has 0 fully saturated rings. The Hall–Kier alpha value is -0.830. The predicted molar refractivity (Wildman–Crippen MR) is 81.0 cm³/mol. The highest BCUT2D eigenvalue weighted by Gasteiger charge is 2.04. The second kappa shape index (κ2) is 6.37. The van der Waals surface area contributed by atoms with Crippen molar-refractivity contribution in [2.24, 2.45) is 5.84 Å². The maximum absolute atomic E-state index is 5.37. The van der Waals surface area contributed by atoms with E-state index in [-0.39, 0.29) is 0 Å². The zero-order chi connectivity index (χ0) is 13.0. The molecule has 0 radical (unpaired) electrons. The van der Waals surface area contributed by atoms with Crippen molar-refractivity contribution in [1.29, 1.82) is 0 Å². The van der Waals surface area contributed by atoms with E-state index in [9.17, 15) is 0 Å². The lowest BCUT2D eigenvalue weighted by molar-refractivity contribution is 0.955. The van der Waals surface area contributed by atoms with Crippen LogP contribution in [0.5, 0.6) is 0 Å². The van der Waals surface area contributed by atoms with E-state index in [4.69, 9.17) is 5.84 Å². The number of rotatable bonds is 5. The molecule has 0 unspecified atom stereocenters. The van der Waals surface area contributed by atoms with Gasteiger partial charge in [0.1, 0.15) is 11.6 Å². The fourth-order valence-corrected chi connectivity index (χ4v) is 3.08. The molecule has 0 aliphatic heterocycles. The molecular formula is C10H12BrN5S2. The van der Waals surface area contributed by atoms with Gasteiger partial charge in [-0.05, 0) is 28.3 Å². The first kappa shape index (κ1) is 13.6. The Bertz CT molecular complexity index is 508. The number of hydrazine groups is 1. The lowest BCUT2D eigenvalue weighted by Gasteiger charge is -2.07. The van der Waals surface area contributed by atoms with E-state index in [0.717, 1.165) is 16.8 Å². The Kier molecular flexibility index (Phi) is 4.81. The SMILES string of the molecule is CSc1nc(NN)cc(NCc2cc(Br)cs2)n1. The van der Waals surface area contributed by atoms with Crippen molar-refractivity contribution < 1.29 is 0 Å². The van der Waals surface area contributed by atoms with Gasteiger partial charge in [-0.1, -0.05) is 11.8 Å². The van der Waals surface area contributed by atoms with Gasteiger partial charge in [0.2, 0.25) is 0 Å². The molecule has 0 spiro atoms. The topological polar surface area (TPSA) is 75.9 Å². The number of nitrogens with one attached hydrogen (secondary N) is 2. The Morgan fingerprint density at radius 1 is 1.39 bits per heavy atom. The summed E-state index contributed by atoms with van der Waals surface area (Å²) in [5.41, 5.74) is 2.54. The summed E-state index contributed by atoms with van der Waals surface area (Å²) in [6, 6.07) is 3.86. The second-order valence-electron chi connectivity index (χ2n) is 3.35. The Morgan fingerprint density at radius 2 is 2.17 bits per heavy atom. The van der Waals surface area contributed by atoms with E-state index in [1.807, 2.05) is 6.26 Å². The third-order valence-corrected chi connectivity index (χ3v) is 4.35. The zero-order valence-corrected chi connectivity index (χ0v) is 12.8. The number of halogens is 1. The molecule has 0 bridgehead atoms. The summed E-state index contributed by atoms with van der Waals surface area (Å²) in [5, 5.41) is 5.99. The summed E-state index contributed by atoms with van der Waals surface area (Å²) in [7, 11) is 0. The smallest absolute Gasteiger partial charge is 0.191 e. The lowest BCUT2D eigenvalue weighted by atomic mass is 10.4. The van der Waals surface area contributed by atoms with Crippen molar-refractivity contribution in [1.82, 2.24) is 9.97 Å². The highest BCUT2D eigenvalue weighted by Crippen LogP contribution is 2.21. The first-order valence-corrected chi connectivity index (χ1v) is 7.97. The zero-order valence-electron chi connectivity index (χ0n) is 9.61. The molecule has 8 heteroatoms. The number of nitrogens with two attached hydrogens (primary N) is 1. The van der Waals surface area contributed by atoms with Gasteiger partial charge in [-0.15, -0.1) is 11.3 Å². The van der Waals surface area contributed by atoms with E-state index >= 15 is 0 Å². The summed E-state index contributed by atoms with van der Waals surface area (Å²) >= 11 is 6.60. The third-order valence-electron chi connectivity index (χ3n) is 2.10.